The molecule has 1 aromatic rings. The van der Waals surface area contributed by atoms with Crippen molar-refractivity contribution in [1.29, 1.82) is 0 Å². The second-order valence-corrected chi connectivity index (χ2v) is 5.40. The van der Waals surface area contributed by atoms with Crippen molar-refractivity contribution in [3.05, 3.63) is 5.89 Å². The first-order chi connectivity index (χ1) is 7.66. The van der Waals surface area contributed by atoms with Crippen LogP contribution in [0.25, 0.3) is 0 Å². The monoisotopic (exact) mass is 222 g/mol. The van der Waals surface area contributed by atoms with E-state index in [4.69, 9.17) is 10.3 Å². The minimum Gasteiger partial charge on any atom is -0.349 e. The van der Waals surface area contributed by atoms with Crippen LogP contribution in [0.2, 0.25) is 0 Å². The molecule has 2 aliphatic carbocycles. The Morgan fingerprint density at radius 2 is 2.25 bits per heavy atom. The lowest BCUT2D eigenvalue weighted by molar-refractivity contribution is 0.353. The molecule has 0 bridgehead atoms. The first kappa shape index (κ1) is 10.1. The molecule has 1 heterocycles. The highest BCUT2D eigenvalue weighted by atomic mass is 16.5. The Balaban J connectivity index is 1.64. The molecule has 5 nitrogen and oxygen atoms in total. The summed E-state index contributed by atoms with van der Waals surface area (Å²) in [6, 6.07) is 0.734. The van der Waals surface area contributed by atoms with Crippen LogP contribution in [0, 0.1) is 0 Å². The molecule has 88 valence electrons. The van der Waals surface area contributed by atoms with Gasteiger partial charge in [0.05, 0.1) is 0 Å². The lowest BCUT2D eigenvalue weighted by Gasteiger charge is -2.08. The summed E-state index contributed by atoms with van der Waals surface area (Å²) in [4.78, 5) is 4.40. The quantitative estimate of drug-likeness (QED) is 0.808. The third-order valence-corrected chi connectivity index (χ3v) is 3.75. The van der Waals surface area contributed by atoms with E-state index in [1.807, 2.05) is 0 Å². The maximum Gasteiger partial charge on any atom is 0.263 e. The van der Waals surface area contributed by atoms with Gasteiger partial charge in [0.25, 0.3) is 5.95 Å². The number of nitrogens with zero attached hydrogens (tertiary/aromatic N) is 2. The SMILES string of the molecule is CC1(c2nc(N[C@H]3CC[C@H](N)C3)no2)CC1. The molecule has 16 heavy (non-hydrogen) atoms. The number of nitrogens with one attached hydrogen (secondary N) is 1. The molecule has 0 amide bonds. The average Bonchev–Trinajstić information content (AvgIpc) is 2.68. The van der Waals surface area contributed by atoms with Crippen LogP contribution in [-0.2, 0) is 5.41 Å². The van der Waals surface area contributed by atoms with E-state index in [0.717, 1.165) is 38.0 Å². The zero-order valence-corrected chi connectivity index (χ0v) is 9.57. The van der Waals surface area contributed by atoms with E-state index in [-0.39, 0.29) is 5.41 Å². The van der Waals surface area contributed by atoms with Crippen LogP contribution in [-0.4, -0.2) is 22.2 Å². The van der Waals surface area contributed by atoms with Crippen LogP contribution in [0.3, 0.4) is 0 Å². The lowest BCUT2D eigenvalue weighted by atomic mass is 10.1. The molecule has 2 atom stereocenters. The van der Waals surface area contributed by atoms with Crippen LogP contribution in [0.4, 0.5) is 5.95 Å². The van der Waals surface area contributed by atoms with Crippen molar-refractivity contribution >= 4 is 5.95 Å². The molecule has 0 radical (unpaired) electrons. The van der Waals surface area contributed by atoms with E-state index < -0.39 is 0 Å². The third-order valence-electron chi connectivity index (χ3n) is 3.75. The van der Waals surface area contributed by atoms with Crippen LogP contribution < -0.4 is 11.1 Å². The van der Waals surface area contributed by atoms with Crippen LogP contribution in [0.1, 0.15) is 44.9 Å². The summed E-state index contributed by atoms with van der Waals surface area (Å²) >= 11 is 0. The number of aromatic nitrogens is 2. The predicted molar refractivity (Wildman–Crippen MR) is 60.1 cm³/mol. The molecule has 0 aromatic carbocycles. The Hall–Kier alpha value is -1.10. The van der Waals surface area contributed by atoms with Crippen molar-refractivity contribution in [2.75, 3.05) is 5.32 Å². The number of hydrogen-bond acceptors (Lipinski definition) is 5. The Bertz CT molecular complexity index is 385. The predicted octanol–water partition coefficient (Wildman–Crippen LogP) is 1.41. The molecule has 0 aliphatic heterocycles. The van der Waals surface area contributed by atoms with E-state index in [1.54, 1.807) is 0 Å². The zero-order valence-electron chi connectivity index (χ0n) is 9.57. The summed E-state index contributed by atoms with van der Waals surface area (Å²) in [7, 11) is 0. The second kappa shape index (κ2) is 3.45. The molecular formula is C11H18N4O. The minimum absolute atomic E-state index is 0.152. The Labute approximate surface area is 94.8 Å². The highest BCUT2D eigenvalue weighted by molar-refractivity contribution is 5.27. The molecule has 2 aliphatic rings. The molecule has 0 spiro atoms. The van der Waals surface area contributed by atoms with Crippen molar-refractivity contribution in [1.82, 2.24) is 10.1 Å². The Kier molecular flexibility index (Phi) is 2.17. The van der Waals surface area contributed by atoms with Gasteiger partial charge in [-0.25, -0.2) is 0 Å². The van der Waals surface area contributed by atoms with Gasteiger partial charge in [-0.1, -0.05) is 6.92 Å². The van der Waals surface area contributed by atoms with Gasteiger partial charge >= 0.3 is 0 Å². The van der Waals surface area contributed by atoms with Crippen molar-refractivity contribution in [3.63, 3.8) is 0 Å². The number of rotatable bonds is 3. The first-order valence-corrected chi connectivity index (χ1v) is 6.02. The van der Waals surface area contributed by atoms with E-state index >= 15 is 0 Å². The molecule has 0 saturated heterocycles. The van der Waals surface area contributed by atoms with E-state index in [2.05, 4.69) is 22.4 Å². The van der Waals surface area contributed by atoms with E-state index in [0.29, 0.717) is 18.0 Å². The summed E-state index contributed by atoms with van der Waals surface area (Å²) < 4.78 is 5.27. The number of nitrogens with two attached hydrogens (primary N) is 1. The van der Waals surface area contributed by atoms with Crippen molar-refractivity contribution in [3.8, 4) is 0 Å². The van der Waals surface area contributed by atoms with Crippen molar-refractivity contribution < 1.29 is 4.52 Å². The normalized spacial score (nSPS) is 31.6. The number of hydrogen-bond donors (Lipinski definition) is 2. The van der Waals surface area contributed by atoms with Gasteiger partial charge < -0.3 is 15.6 Å². The highest BCUT2D eigenvalue weighted by Crippen LogP contribution is 2.46. The molecule has 3 rings (SSSR count). The van der Waals surface area contributed by atoms with Crippen LogP contribution in [0.5, 0.6) is 0 Å². The van der Waals surface area contributed by atoms with Gasteiger partial charge in [0.15, 0.2) is 0 Å². The zero-order chi connectivity index (χ0) is 11.2. The molecule has 3 N–H and O–H groups in total. The summed E-state index contributed by atoms with van der Waals surface area (Å²) in [5, 5.41) is 7.27. The average molecular weight is 222 g/mol. The summed E-state index contributed by atoms with van der Waals surface area (Å²) in [5.74, 6) is 1.40. The minimum atomic E-state index is 0.152. The second-order valence-electron chi connectivity index (χ2n) is 5.40. The van der Waals surface area contributed by atoms with Gasteiger partial charge in [-0.3, -0.25) is 0 Å². The fourth-order valence-electron chi connectivity index (χ4n) is 2.26. The molecule has 0 unspecified atom stereocenters. The fourth-order valence-corrected chi connectivity index (χ4v) is 2.26. The molecule has 5 heteroatoms. The van der Waals surface area contributed by atoms with E-state index in [1.165, 1.54) is 0 Å². The van der Waals surface area contributed by atoms with Crippen molar-refractivity contribution in [2.24, 2.45) is 5.73 Å². The smallest absolute Gasteiger partial charge is 0.263 e. The Morgan fingerprint density at radius 3 is 2.88 bits per heavy atom. The molecule has 1 aromatic heterocycles. The summed E-state index contributed by atoms with van der Waals surface area (Å²) in [6.07, 6.45) is 5.50. The van der Waals surface area contributed by atoms with Gasteiger partial charge in [-0.15, -0.1) is 0 Å². The van der Waals surface area contributed by atoms with Crippen LogP contribution >= 0.6 is 0 Å². The van der Waals surface area contributed by atoms with Crippen LogP contribution in [0.15, 0.2) is 4.52 Å². The van der Waals surface area contributed by atoms with Gasteiger partial charge in [0, 0.05) is 17.5 Å². The fraction of sp³-hybridized carbons (Fsp3) is 0.818. The maximum atomic E-state index is 5.86. The van der Waals surface area contributed by atoms with Gasteiger partial charge in [-0.05, 0) is 37.3 Å². The van der Waals surface area contributed by atoms with Crippen molar-refractivity contribution in [2.45, 2.75) is 56.5 Å². The van der Waals surface area contributed by atoms with Gasteiger partial charge in [0.1, 0.15) is 0 Å². The largest absolute Gasteiger partial charge is 0.349 e. The first-order valence-electron chi connectivity index (χ1n) is 6.02. The van der Waals surface area contributed by atoms with Gasteiger partial charge in [0.2, 0.25) is 5.89 Å². The molecule has 2 saturated carbocycles. The van der Waals surface area contributed by atoms with E-state index in [9.17, 15) is 0 Å². The highest BCUT2D eigenvalue weighted by Gasteiger charge is 2.44. The lowest BCUT2D eigenvalue weighted by Crippen LogP contribution is -2.21. The maximum absolute atomic E-state index is 5.86. The standard InChI is InChI=1S/C11H18N4O/c1-11(4-5-11)9-14-10(15-16-9)13-8-3-2-7(12)6-8/h7-8H,2-6,12H2,1H3,(H,13,15)/t7-,8-/m0/s1. The topological polar surface area (TPSA) is 77.0 Å². The summed E-state index contributed by atoms with van der Waals surface area (Å²) in [5.41, 5.74) is 6.01. The van der Waals surface area contributed by atoms with Gasteiger partial charge in [-0.2, -0.15) is 4.98 Å². The number of anilines is 1. The Morgan fingerprint density at radius 1 is 1.44 bits per heavy atom. The third kappa shape index (κ3) is 1.80. The molecule has 2 fully saturated rings. The summed E-state index contributed by atoms with van der Waals surface area (Å²) in [6.45, 7) is 2.16. The molecular weight excluding hydrogens is 204 g/mol.